The molecule has 1 aliphatic rings. The van der Waals surface area contributed by atoms with Gasteiger partial charge in [-0.15, -0.1) is 0 Å². The van der Waals surface area contributed by atoms with Crippen LogP contribution in [0.3, 0.4) is 0 Å². The first-order valence-corrected chi connectivity index (χ1v) is 11.6. The minimum Gasteiger partial charge on any atom is -0.497 e. The lowest BCUT2D eigenvalue weighted by molar-refractivity contribution is -0.133. The Morgan fingerprint density at radius 3 is 2.43 bits per heavy atom. The molecule has 0 fully saturated rings. The third kappa shape index (κ3) is 6.48. The van der Waals surface area contributed by atoms with Crippen LogP contribution in [-0.4, -0.2) is 64.1 Å². The fraction of sp³-hybridized carbons (Fsp3) is 0.440. The van der Waals surface area contributed by atoms with Crippen molar-refractivity contribution >= 4 is 17.8 Å². The highest BCUT2D eigenvalue weighted by molar-refractivity contribution is 5.94. The first-order valence-electron chi connectivity index (χ1n) is 11.6. The third-order valence-electron chi connectivity index (χ3n) is 6.00. The van der Waals surface area contributed by atoms with Crippen molar-refractivity contribution in [2.24, 2.45) is 0 Å². The van der Waals surface area contributed by atoms with Crippen molar-refractivity contribution in [3.05, 3.63) is 53.9 Å². The number of carboxylic acids is 1. The highest BCUT2D eigenvalue weighted by Gasteiger charge is 2.38. The zero-order valence-corrected chi connectivity index (χ0v) is 20.4. The van der Waals surface area contributed by atoms with E-state index < -0.39 is 30.1 Å². The molecule has 0 bridgehead atoms. The van der Waals surface area contributed by atoms with E-state index in [2.05, 4.69) is 15.7 Å². The van der Waals surface area contributed by atoms with Crippen LogP contribution < -0.4 is 15.4 Å². The standard InChI is InChI=1S/C25H32N4O6/c1-5-19(6-2)35-22-12-16(25(32)33)11-21(23(22)27-15(3)30)28-24(31)17-13-26-29(14-17)18-7-9-20(34-4)10-8-18/h7-10,12-14,19,21-23H,5-6,11H2,1-4H3,(H,27,30)(H,28,31)(H,32,33)/t21-,22+,23+/m0/s1. The number of amides is 2. The molecule has 0 saturated carbocycles. The number of methoxy groups -OCH3 is 1. The Kier molecular flexibility index (Phi) is 8.64. The van der Waals surface area contributed by atoms with Crippen molar-refractivity contribution in [1.29, 1.82) is 0 Å². The Morgan fingerprint density at radius 2 is 1.86 bits per heavy atom. The molecule has 0 spiro atoms. The number of benzene rings is 1. The molecule has 10 nitrogen and oxygen atoms in total. The van der Waals surface area contributed by atoms with Gasteiger partial charge >= 0.3 is 5.97 Å². The zero-order chi connectivity index (χ0) is 25.5. The van der Waals surface area contributed by atoms with Gasteiger partial charge in [0.05, 0.1) is 48.8 Å². The van der Waals surface area contributed by atoms with Gasteiger partial charge in [-0.05, 0) is 43.2 Å². The lowest BCUT2D eigenvalue weighted by Gasteiger charge is -2.38. The van der Waals surface area contributed by atoms with Gasteiger partial charge in [0.1, 0.15) is 5.75 Å². The molecule has 10 heteroatoms. The lowest BCUT2D eigenvalue weighted by Crippen LogP contribution is -2.59. The number of aliphatic carboxylic acids is 1. The summed E-state index contributed by atoms with van der Waals surface area (Å²) in [6.45, 7) is 5.33. The maximum atomic E-state index is 13.1. The topological polar surface area (TPSA) is 132 Å². The quantitative estimate of drug-likeness (QED) is 0.472. The van der Waals surface area contributed by atoms with Gasteiger partial charge in [-0.25, -0.2) is 9.48 Å². The summed E-state index contributed by atoms with van der Waals surface area (Å²) in [6, 6.07) is 5.88. The smallest absolute Gasteiger partial charge is 0.331 e. The summed E-state index contributed by atoms with van der Waals surface area (Å²) in [6.07, 6.45) is 5.25. The SMILES string of the molecule is CCC(CC)O[C@@H]1C=C(C(=O)O)C[C@H](NC(=O)c2cnn(-c3ccc(OC)cc3)c2)[C@H]1NC(C)=O. The summed E-state index contributed by atoms with van der Waals surface area (Å²) >= 11 is 0. The molecule has 2 aromatic rings. The molecule has 3 rings (SSSR count). The molecule has 3 atom stereocenters. The molecule has 1 aromatic heterocycles. The lowest BCUT2D eigenvalue weighted by atomic mass is 9.87. The molecule has 0 aliphatic heterocycles. The van der Waals surface area contributed by atoms with E-state index in [0.717, 1.165) is 18.5 Å². The van der Waals surface area contributed by atoms with Crippen molar-refractivity contribution < 1.29 is 29.0 Å². The van der Waals surface area contributed by atoms with Crippen molar-refractivity contribution in [2.45, 2.75) is 64.3 Å². The maximum Gasteiger partial charge on any atom is 0.331 e. The van der Waals surface area contributed by atoms with E-state index >= 15 is 0 Å². The van der Waals surface area contributed by atoms with Crippen LogP contribution in [0.1, 0.15) is 50.4 Å². The number of hydrogen-bond acceptors (Lipinski definition) is 6. The van der Waals surface area contributed by atoms with Crippen molar-refractivity contribution in [3.8, 4) is 11.4 Å². The highest BCUT2D eigenvalue weighted by atomic mass is 16.5. The van der Waals surface area contributed by atoms with Crippen molar-refractivity contribution in [2.75, 3.05) is 7.11 Å². The summed E-state index contributed by atoms with van der Waals surface area (Å²) in [7, 11) is 1.58. The van der Waals surface area contributed by atoms with E-state index in [1.54, 1.807) is 30.1 Å². The fourth-order valence-corrected chi connectivity index (χ4v) is 4.07. The summed E-state index contributed by atoms with van der Waals surface area (Å²) < 4.78 is 12.9. The van der Waals surface area contributed by atoms with Crippen LogP contribution in [0.5, 0.6) is 5.75 Å². The predicted molar refractivity (Wildman–Crippen MR) is 129 cm³/mol. The van der Waals surface area contributed by atoms with Gasteiger partial charge in [-0.3, -0.25) is 9.59 Å². The molecule has 1 aliphatic carbocycles. The average Bonchev–Trinajstić information content (AvgIpc) is 3.34. The zero-order valence-electron chi connectivity index (χ0n) is 20.4. The van der Waals surface area contributed by atoms with E-state index in [4.69, 9.17) is 9.47 Å². The van der Waals surface area contributed by atoms with Gasteiger partial charge in [0.2, 0.25) is 5.91 Å². The first kappa shape index (κ1) is 26.0. The Hall–Kier alpha value is -3.66. The van der Waals surface area contributed by atoms with E-state index in [-0.39, 0.29) is 24.0 Å². The second-order valence-electron chi connectivity index (χ2n) is 8.42. The number of carbonyl (C=O) groups is 3. The number of nitrogens with one attached hydrogen (secondary N) is 2. The third-order valence-corrected chi connectivity index (χ3v) is 6.00. The first-order chi connectivity index (χ1) is 16.7. The minimum atomic E-state index is -1.09. The number of carbonyl (C=O) groups excluding carboxylic acids is 2. The minimum absolute atomic E-state index is 0.0431. The molecule has 2 amide bonds. The molecule has 3 N–H and O–H groups in total. The van der Waals surface area contributed by atoms with Crippen molar-refractivity contribution in [3.63, 3.8) is 0 Å². The largest absolute Gasteiger partial charge is 0.497 e. The predicted octanol–water partition coefficient (Wildman–Crippen LogP) is 2.47. The van der Waals surface area contributed by atoms with E-state index in [9.17, 15) is 19.5 Å². The van der Waals surface area contributed by atoms with Gasteiger partial charge in [0.25, 0.3) is 5.91 Å². The fourth-order valence-electron chi connectivity index (χ4n) is 4.07. The van der Waals surface area contributed by atoms with Crippen LogP contribution in [0.25, 0.3) is 5.69 Å². The summed E-state index contributed by atoms with van der Waals surface area (Å²) in [5, 5.41) is 19.7. The summed E-state index contributed by atoms with van der Waals surface area (Å²) in [5.74, 6) is -1.12. The molecule has 35 heavy (non-hydrogen) atoms. The Balaban J connectivity index is 1.83. The van der Waals surface area contributed by atoms with E-state index in [1.807, 2.05) is 26.0 Å². The Bertz CT molecular complexity index is 1070. The second-order valence-corrected chi connectivity index (χ2v) is 8.42. The molecular formula is C25H32N4O6. The number of nitrogens with zero attached hydrogens (tertiary/aromatic N) is 2. The molecule has 0 unspecified atom stereocenters. The maximum absolute atomic E-state index is 13.1. The number of hydrogen-bond donors (Lipinski definition) is 3. The van der Waals surface area contributed by atoms with E-state index in [0.29, 0.717) is 11.3 Å². The van der Waals surface area contributed by atoms with Crippen LogP contribution in [0.2, 0.25) is 0 Å². The van der Waals surface area contributed by atoms with Gasteiger partial charge in [0.15, 0.2) is 0 Å². The number of ether oxygens (including phenoxy) is 2. The van der Waals surface area contributed by atoms with Gasteiger partial charge in [0, 0.05) is 25.1 Å². The molecule has 1 heterocycles. The molecule has 188 valence electrons. The monoisotopic (exact) mass is 484 g/mol. The van der Waals surface area contributed by atoms with Crippen LogP contribution in [0.4, 0.5) is 0 Å². The van der Waals surface area contributed by atoms with Crippen LogP contribution in [0, 0.1) is 0 Å². The Labute approximate surface area is 204 Å². The van der Waals surface area contributed by atoms with E-state index in [1.165, 1.54) is 19.2 Å². The van der Waals surface area contributed by atoms with Crippen molar-refractivity contribution in [1.82, 2.24) is 20.4 Å². The molecular weight excluding hydrogens is 452 g/mol. The summed E-state index contributed by atoms with van der Waals surface area (Å²) in [4.78, 5) is 36.9. The summed E-state index contributed by atoms with van der Waals surface area (Å²) in [5.41, 5.74) is 1.17. The number of rotatable bonds is 10. The molecule has 0 saturated heterocycles. The molecule has 1 aromatic carbocycles. The number of aromatic nitrogens is 2. The van der Waals surface area contributed by atoms with Gasteiger partial charge in [-0.2, -0.15) is 5.10 Å². The average molecular weight is 485 g/mol. The van der Waals surface area contributed by atoms with Gasteiger partial charge < -0.3 is 25.2 Å². The normalized spacial score (nSPS) is 19.7. The Morgan fingerprint density at radius 1 is 1.17 bits per heavy atom. The highest BCUT2D eigenvalue weighted by Crippen LogP contribution is 2.25. The molecule has 0 radical (unpaired) electrons. The number of carboxylic acid groups (broad SMARTS) is 1. The van der Waals surface area contributed by atoms with Crippen LogP contribution >= 0.6 is 0 Å². The second kappa shape index (κ2) is 11.7. The van der Waals surface area contributed by atoms with Gasteiger partial charge in [-0.1, -0.05) is 13.8 Å². The van der Waals surface area contributed by atoms with Crippen LogP contribution in [0.15, 0.2) is 48.3 Å². The van der Waals surface area contributed by atoms with Crippen LogP contribution in [-0.2, 0) is 14.3 Å².